The molecular weight excluding hydrogens is 272 g/mol. The number of nitrogens with zero attached hydrogens (tertiary/aromatic N) is 3. The smallest absolute Gasteiger partial charge is 0.293 e. The zero-order valence-corrected chi connectivity index (χ0v) is 11.8. The van der Waals surface area contributed by atoms with E-state index >= 15 is 0 Å². The maximum atomic E-state index is 12.2. The first kappa shape index (κ1) is 13.7. The van der Waals surface area contributed by atoms with Gasteiger partial charge in [0.2, 0.25) is 5.89 Å². The van der Waals surface area contributed by atoms with Gasteiger partial charge in [-0.05, 0) is 25.8 Å². The summed E-state index contributed by atoms with van der Waals surface area (Å²) in [7, 11) is 0. The van der Waals surface area contributed by atoms with E-state index in [9.17, 15) is 4.79 Å². The first-order valence-electron chi connectivity index (χ1n) is 7.15. The van der Waals surface area contributed by atoms with E-state index in [1.807, 2.05) is 6.92 Å². The molecule has 0 spiro atoms. The van der Waals surface area contributed by atoms with E-state index in [4.69, 9.17) is 4.52 Å². The highest BCUT2D eigenvalue weighted by atomic mass is 16.5. The number of aromatic nitrogens is 4. The number of imidazole rings is 1. The third-order valence-corrected chi connectivity index (χ3v) is 3.57. The highest BCUT2D eigenvalue weighted by Gasteiger charge is 2.25. The van der Waals surface area contributed by atoms with Gasteiger partial charge in [-0.3, -0.25) is 4.79 Å². The van der Waals surface area contributed by atoms with Crippen molar-refractivity contribution in [2.75, 3.05) is 6.54 Å². The van der Waals surface area contributed by atoms with Crippen LogP contribution in [0, 0.1) is 0 Å². The largest absolute Gasteiger partial charge is 0.347 e. The molecule has 21 heavy (non-hydrogen) atoms. The molecule has 1 fully saturated rings. The summed E-state index contributed by atoms with van der Waals surface area (Å²) >= 11 is 0. The Kier molecular flexibility index (Phi) is 3.96. The Morgan fingerprint density at radius 1 is 1.62 bits per heavy atom. The fourth-order valence-corrected chi connectivity index (χ4v) is 2.42. The summed E-state index contributed by atoms with van der Waals surface area (Å²) < 4.78 is 5.17. The summed E-state index contributed by atoms with van der Waals surface area (Å²) in [6.45, 7) is 2.91. The number of carbonyl (C=O) groups excluding carboxylic acids is 1. The molecule has 1 amide bonds. The zero-order chi connectivity index (χ0) is 14.7. The van der Waals surface area contributed by atoms with Crippen LogP contribution < -0.4 is 10.6 Å². The van der Waals surface area contributed by atoms with Gasteiger partial charge in [-0.25, -0.2) is 4.98 Å². The van der Waals surface area contributed by atoms with Crippen molar-refractivity contribution in [2.45, 2.75) is 38.3 Å². The van der Waals surface area contributed by atoms with Crippen LogP contribution in [0.15, 0.2) is 16.9 Å². The second-order valence-corrected chi connectivity index (χ2v) is 5.01. The monoisotopic (exact) mass is 290 g/mol. The molecule has 8 heteroatoms. The number of nitrogens with one attached hydrogen (secondary N) is 3. The molecule has 3 rings (SSSR count). The fourth-order valence-electron chi connectivity index (χ4n) is 2.42. The first-order valence-corrected chi connectivity index (χ1v) is 7.15. The van der Waals surface area contributed by atoms with Crippen LogP contribution in [0.25, 0.3) is 0 Å². The number of amides is 1. The van der Waals surface area contributed by atoms with Gasteiger partial charge < -0.3 is 20.1 Å². The lowest BCUT2D eigenvalue weighted by Gasteiger charge is -2.12. The Hall–Kier alpha value is -2.22. The number of carbonyl (C=O) groups is 1. The molecule has 0 saturated carbocycles. The van der Waals surface area contributed by atoms with Crippen molar-refractivity contribution in [1.82, 2.24) is 30.7 Å². The maximum absolute atomic E-state index is 12.2. The topological polar surface area (TPSA) is 109 Å². The number of hydrogen-bond donors (Lipinski definition) is 3. The Morgan fingerprint density at radius 3 is 3.19 bits per heavy atom. The molecule has 1 saturated heterocycles. The minimum Gasteiger partial charge on any atom is -0.347 e. The third kappa shape index (κ3) is 2.94. The number of rotatable bonds is 5. The molecule has 0 radical (unpaired) electrons. The molecule has 1 aliphatic rings. The highest BCUT2D eigenvalue weighted by molar-refractivity contribution is 5.90. The van der Waals surface area contributed by atoms with E-state index in [-0.39, 0.29) is 23.8 Å². The van der Waals surface area contributed by atoms with Gasteiger partial charge in [0, 0.05) is 12.4 Å². The summed E-state index contributed by atoms with van der Waals surface area (Å²) in [5.41, 5.74) is 0. The van der Waals surface area contributed by atoms with E-state index in [0.29, 0.717) is 18.1 Å². The fraction of sp³-hybridized carbons (Fsp3) is 0.538. The Balaban J connectivity index is 1.67. The summed E-state index contributed by atoms with van der Waals surface area (Å²) in [5.74, 6) is 0.894. The molecule has 3 N–H and O–H groups in total. The number of aromatic amines is 1. The van der Waals surface area contributed by atoms with Crippen molar-refractivity contribution in [3.63, 3.8) is 0 Å². The Labute approximate surface area is 121 Å². The lowest BCUT2D eigenvalue weighted by Crippen LogP contribution is -2.29. The van der Waals surface area contributed by atoms with Gasteiger partial charge in [-0.2, -0.15) is 4.98 Å². The third-order valence-electron chi connectivity index (χ3n) is 3.57. The normalized spacial score (nSPS) is 19.6. The standard InChI is InChI=1S/C13H18N6O2/c1-2-8(10-15-6-7-16-10)17-12(20)11-18-13(21-19-11)9-4-3-5-14-9/h6-9,14H,2-5H2,1H3,(H,15,16)(H,17,20). The van der Waals surface area contributed by atoms with Crippen molar-refractivity contribution >= 4 is 5.91 Å². The molecule has 3 heterocycles. The first-order chi connectivity index (χ1) is 10.3. The highest BCUT2D eigenvalue weighted by Crippen LogP contribution is 2.21. The van der Waals surface area contributed by atoms with Crippen LogP contribution in [0.2, 0.25) is 0 Å². The predicted molar refractivity (Wildman–Crippen MR) is 73.4 cm³/mol. The van der Waals surface area contributed by atoms with Crippen LogP contribution in [0.4, 0.5) is 0 Å². The van der Waals surface area contributed by atoms with Gasteiger partial charge in [0.05, 0.1) is 12.1 Å². The summed E-state index contributed by atoms with van der Waals surface area (Å²) in [6.07, 6.45) is 6.12. The van der Waals surface area contributed by atoms with Crippen molar-refractivity contribution < 1.29 is 9.32 Å². The number of hydrogen-bond acceptors (Lipinski definition) is 6. The minimum absolute atomic E-state index is 0.0590. The van der Waals surface area contributed by atoms with Crippen LogP contribution in [0.3, 0.4) is 0 Å². The summed E-state index contributed by atoms with van der Waals surface area (Å²) in [5, 5.41) is 9.87. The lowest BCUT2D eigenvalue weighted by atomic mass is 10.2. The second kappa shape index (κ2) is 6.04. The lowest BCUT2D eigenvalue weighted by molar-refractivity contribution is 0.0920. The van der Waals surface area contributed by atoms with E-state index in [1.165, 1.54) is 0 Å². The quantitative estimate of drug-likeness (QED) is 0.761. The van der Waals surface area contributed by atoms with Gasteiger partial charge in [0.1, 0.15) is 5.82 Å². The maximum Gasteiger partial charge on any atom is 0.293 e. The van der Waals surface area contributed by atoms with Gasteiger partial charge in [0.15, 0.2) is 0 Å². The molecule has 2 unspecified atom stereocenters. The van der Waals surface area contributed by atoms with Crippen LogP contribution in [-0.2, 0) is 0 Å². The average molecular weight is 290 g/mol. The molecule has 0 bridgehead atoms. The van der Waals surface area contributed by atoms with Crippen LogP contribution in [0.1, 0.15) is 60.6 Å². The SMILES string of the molecule is CCC(NC(=O)c1noc(C2CCCN2)n1)c1ncc[nH]1. The molecule has 2 aromatic rings. The van der Waals surface area contributed by atoms with Crippen molar-refractivity contribution in [3.8, 4) is 0 Å². The van der Waals surface area contributed by atoms with Crippen LogP contribution >= 0.6 is 0 Å². The molecule has 2 aromatic heterocycles. The molecule has 8 nitrogen and oxygen atoms in total. The number of H-pyrrole nitrogens is 1. The van der Waals surface area contributed by atoms with E-state index in [0.717, 1.165) is 19.4 Å². The molecule has 0 aliphatic carbocycles. The molecule has 1 aliphatic heterocycles. The van der Waals surface area contributed by atoms with E-state index in [2.05, 4.69) is 30.7 Å². The summed E-state index contributed by atoms with van der Waals surface area (Å²) in [4.78, 5) is 23.5. The Bertz CT molecular complexity index is 588. The van der Waals surface area contributed by atoms with Gasteiger partial charge in [-0.15, -0.1) is 0 Å². The predicted octanol–water partition coefficient (Wildman–Crippen LogP) is 1.10. The second-order valence-electron chi connectivity index (χ2n) is 5.01. The summed E-state index contributed by atoms with van der Waals surface area (Å²) in [6, 6.07) is -0.134. The van der Waals surface area contributed by atoms with Crippen molar-refractivity contribution in [3.05, 3.63) is 29.9 Å². The Morgan fingerprint density at radius 2 is 2.52 bits per heavy atom. The van der Waals surface area contributed by atoms with Crippen LogP contribution in [-0.4, -0.2) is 32.6 Å². The average Bonchev–Trinajstić information content (AvgIpc) is 3.26. The van der Waals surface area contributed by atoms with Gasteiger partial charge in [0.25, 0.3) is 11.7 Å². The van der Waals surface area contributed by atoms with Crippen molar-refractivity contribution in [2.24, 2.45) is 0 Å². The molecule has 112 valence electrons. The molecular formula is C13H18N6O2. The minimum atomic E-state index is -0.355. The van der Waals surface area contributed by atoms with E-state index < -0.39 is 0 Å². The molecule has 2 atom stereocenters. The van der Waals surface area contributed by atoms with Crippen molar-refractivity contribution in [1.29, 1.82) is 0 Å². The molecule has 0 aromatic carbocycles. The van der Waals surface area contributed by atoms with Crippen LogP contribution in [0.5, 0.6) is 0 Å². The van der Waals surface area contributed by atoms with Gasteiger partial charge in [-0.1, -0.05) is 12.1 Å². The van der Waals surface area contributed by atoms with Gasteiger partial charge >= 0.3 is 0 Å². The zero-order valence-electron chi connectivity index (χ0n) is 11.8. The van der Waals surface area contributed by atoms with E-state index in [1.54, 1.807) is 12.4 Å².